The quantitative estimate of drug-likeness (QED) is 0.779. The molecule has 0 spiro atoms. The predicted molar refractivity (Wildman–Crippen MR) is 94.4 cm³/mol. The number of piperidine rings is 1. The summed E-state index contributed by atoms with van der Waals surface area (Å²) in [5.74, 6) is -0.00962. The Bertz CT molecular complexity index is 850. The van der Waals surface area contributed by atoms with E-state index in [2.05, 4.69) is 15.7 Å². The van der Waals surface area contributed by atoms with Crippen LogP contribution in [0.2, 0.25) is 0 Å². The molecule has 1 amide bonds. The summed E-state index contributed by atoms with van der Waals surface area (Å²) in [5.41, 5.74) is 2.61. The molecule has 1 aliphatic rings. The van der Waals surface area contributed by atoms with Gasteiger partial charge in [0.15, 0.2) is 0 Å². The van der Waals surface area contributed by atoms with Crippen LogP contribution in [0.5, 0.6) is 0 Å². The minimum absolute atomic E-state index is 0.00962. The van der Waals surface area contributed by atoms with Crippen molar-refractivity contribution in [3.8, 4) is 5.69 Å². The summed E-state index contributed by atoms with van der Waals surface area (Å²) in [7, 11) is 0. The highest BCUT2D eigenvalue weighted by Crippen LogP contribution is 2.20. The van der Waals surface area contributed by atoms with Gasteiger partial charge in [0.25, 0.3) is 5.91 Å². The zero-order valence-corrected chi connectivity index (χ0v) is 13.4. The number of hydrogen-bond donors (Lipinski definition) is 2. The highest BCUT2D eigenvalue weighted by Gasteiger charge is 2.17. The van der Waals surface area contributed by atoms with E-state index < -0.39 is 0 Å². The Morgan fingerprint density at radius 1 is 1.12 bits per heavy atom. The highest BCUT2D eigenvalue weighted by atomic mass is 16.1. The van der Waals surface area contributed by atoms with Crippen molar-refractivity contribution < 1.29 is 4.79 Å². The molecule has 5 nitrogen and oxygen atoms in total. The fourth-order valence-electron chi connectivity index (χ4n) is 3.17. The topological polar surface area (TPSA) is 59.0 Å². The maximum atomic E-state index is 12.6. The molecule has 0 aliphatic carbocycles. The monoisotopic (exact) mass is 320 g/mol. The van der Waals surface area contributed by atoms with E-state index in [1.54, 1.807) is 0 Å². The number of nitrogens with zero attached hydrogens (tertiary/aromatic N) is 2. The lowest BCUT2D eigenvalue weighted by Crippen LogP contribution is -2.42. The first kappa shape index (κ1) is 14.9. The third-order valence-electron chi connectivity index (χ3n) is 4.51. The molecule has 5 heteroatoms. The van der Waals surface area contributed by atoms with Crippen LogP contribution in [0.1, 0.15) is 23.2 Å². The maximum absolute atomic E-state index is 12.6. The summed E-state index contributed by atoms with van der Waals surface area (Å²) in [4.78, 5) is 12.6. The van der Waals surface area contributed by atoms with Crippen LogP contribution in [0.3, 0.4) is 0 Å². The van der Waals surface area contributed by atoms with Gasteiger partial charge < -0.3 is 10.6 Å². The molecule has 1 aromatic heterocycles. The van der Waals surface area contributed by atoms with Gasteiger partial charge >= 0.3 is 0 Å². The molecular weight excluding hydrogens is 300 g/mol. The number of para-hydroxylation sites is 1. The fraction of sp³-hybridized carbons (Fsp3) is 0.263. The Hall–Kier alpha value is -2.66. The summed E-state index contributed by atoms with van der Waals surface area (Å²) in [5, 5.41) is 11.9. The summed E-state index contributed by atoms with van der Waals surface area (Å²) in [6.07, 6.45) is 3.79. The molecule has 2 heterocycles. The highest BCUT2D eigenvalue weighted by molar-refractivity contribution is 5.98. The van der Waals surface area contributed by atoms with E-state index in [9.17, 15) is 4.79 Å². The van der Waals surface area contributed by atoms with Crippen LogP contribution < -0.4 is 10.6 Å². The van der Waals surface area contributed by atoms with Crippen LogP contribution in [0.15, 0.2) is 54.7 Å². The van der Waals surface area contributed by atoms with Crippen LogP contribution in [-0.2, 0) is 0 Å². The van der Waals surface area contributed by atoms with Crippen LogP contribution in [-0.4, -0.2) is 34.8 Å². The lowest BCUT2D eigenvalue weighted by Gasteiger charge is -2.23. The standard InChI is InChI=1S/C19H20N4O/c24-19(22-16-8-10-20-11-9-16)14-6-7-15-13-21-23(18(15)12-14)17-4-2-1-3-5-17/h1-7,12-13,16,20H,8-11H2,(H,22,24). The van der Waals surface area contributed by atoms with Gasteiger partial charge in [-0.25, -0.2) is 4.68 Å². The first-order valence-electron chi connectivity index (χ1n) is 8.36. The lowest BCUT2D eigenvalue weighted by atomic mass is 10.1. The third-order valence-corrected chi connectivity index (χ3v) is 4.51. The third kappa shape index (κ3) is 2.90. The Balaban J connectivity index is 1.63. The molecule has 2 N–H and O–H groups in total. The molecule has 0 unspecified atom stereocenters. The van der Waals surface area contributed by atoms with Crippen LogP contribution >= 0.6 is 0 Å². The first-order valence-corrected chi connectivity index (χ1v) is 8.36. The van der Waals surface area contributed by atoms with E-state index in [-0.39, 0.29) is 11.9 Å². The summed E-state index contributed by atoms with van der Waals surface area (Å²) >= 11 is 0. The Morgan fingerprint density at radius 2 is 1.92 bits per heavy atom. The fourth-order valence-corrected chi connectivity index (χ4v) is 3.17. The number of aromatic nitrogens is 2. The molecule has 24 heavy (non-hydrogen) atoms. The SMILES string of the molecule is O=C(NC1CCNCC1)c1ccc2cnn(-c3ccccc3)c2c1. The minimum Gasteiger partial charge on any atom is -0.349 e. The summed E-state index contributed by atoms with van der Waals surface area (Å²) in [6.45, 7) is 1.93. The van der Waals surface area contributed by atoms with Gasteiger partial charge in [-0.2, -0.15) is 5.10 Å². The normalized spacial score (nSPS) is 15.5. The average Bonchev–Trinajstić information content (AvgIpc) is 3.06. The molecule has 1 fully saturated rings. The second-order valence-electron chi connectivity index (χ2n) is 6.16. The number of fused-ring (bicyclic) bond motifs is 1. The first-order chi connectivity index (χ1) is 11.8. The minimum atomic E-state index is -0.00962. The number of hydrogen-bond acceptors (Lipinski definition) is 3. The van der Waals surface area contributed by atoms with Gasteiger partial charge in [-0.1, -0.05) is 24.3 Å². The average molecular weight is 320 g/mol. The number of carbonyl (C=O) groups is 1. The Labute approximate surface area is 140 Å². The van der Waals surface area contributed by atoms with Gasteiger partial charge in [0, 0.05) is 17.0 Å². The zero-order chi connectivity index (χ0) is 16.4. The molecule has 0 atom stereocenters. The van der Waals surface area contributed by atoms with E-state index in [0.29, 0.717) is 5.56 Å². The van der Waals surface area contributed by atoms with E-state index in [1.807, 2.05) is 59.4 Å². The number of amides is 1. The van der Waals surface area contributed by atoms with Gasteiger partial charge in [0.05, 0.1) is 17.4 Å². The van der Waals surface area contributed by atoms with E-state index in [1.165, 1.54) is 0 Å². The van der Waals surface area contributed by atoms with Crippen molar-refractivity contribution in [2.75, 3.05) is 13.1 Å². The molecule has 0 radical (unpaired) electrons. The molecule has 3 aromatic rings. The second kappa shape index (κ2) is 6.45. The maximum Gasteiger partial charge on any atom is 0.251 e. The van der Waals surface area contributed by atoms with Crippen molar-refractivity contribution in [2.45, 2.75) is 18.9 Å². The van der Waals surface area contributed by atoms with Crippen molar-refractivity contribution in [3.05, 3.63) is 60.3 Å². The van der Waals surface area contributed by atoms with E-state index >= 15 is 0 Å². The largest absolute Gasteiger partial charge is 0.349 e. The Morgan fingerprint density at radius 3 is 2.71 bits per heavy atom. The van der Waals surface area contributed by atoms with Gasteiger partial charge in [-0.15, -0.1) is 0 Å². The molecule has 122 valence electrons. The van der Waals surface area contributed by atoms with Crippen LogP contribution in [0, 0.1) is 0 Å². The number of rotatable bonds is 3. The van der Waals surface area contributed by atoms with Crippen molar-refractivity contribution >= 4 is 16.8 Å². The predicted octanol–water partition coefficient (Wildman–Crippen LogP) is 2.51. The Kier molecular flexibility index (Phi) is 4.01. The molecule has 0 bridgehead atoms. The molecule has 0 saturated carbocycles. The van der Waals surface area contributed by atoms with Crippen molar-refractivity contribution in [1.29, 1.82) is 0 Å². The lowest BCUT2D eigenvalue weighted by molar-refractivity contribution is 0.0929. The van der Waals surface area contributed by atoms with Crippen molar-refractivity contribution in [1.82, 2.24) is 20.4 Å². The van der Waals surface area contributed by atoms with E-state index in [4.69, 9.17) is 0 Å². The van der Waals surface area contributed by atoms with Crippen molar-refractivity contribution in [2.24, 2.45) is 0 Å². The van der Waals surface area contributed by atoms with Crippen LogP contribution in [0.4, 0.5) is 0 Å². The van der Waals surface area contributed by atoms with Gasteiger partial charge in [-0.05, 0) is 50.2 Å². The second-order valence-corrected chi connectivity index (χ2v) is 6.16. The zero-order valence-electron chi connectivity index (χ0n) is 13.4. The summed E-state index contributed by atoms with van der Waals surface area (Å²) in [6, 6.07) is 16.0. The molecule has 1 saturated heterocycles. The number of nitrogens with one attached hydrogen (secondary N) is 2. The van der Waals surface area contributed by atoms with Gasteiger partial charge in [-0.3, -0.25) is 4.79 Å². The molecule has 4 rings (SSSR count). The number of carbonyl (C=O) groups excluding carboxylic acids is 1. The molecule has 2 aromatic carbocycles. The number of benzene rings is 2. The van der Waals surface area contributed by atoms with Crippen molar-refractivity contribution in [3.63, 3.8) is 0 Å². The van der Waals surface area contributed by atoms with Gasteiger partial charge in [0.2, 0.25) is 0 Å². The molecule has 1 aliphatic heterocycles. The molecular formula is C19H20N4O. The smallest absolute Gasteiger partial charge is 0.251 e. The van der Waals surface area contributed by atoms with Gasteiger partial charge in [0.1, 0.15) is 0 Å². The summed E-state index contributed by atoms with van der Waals surface area (Å²) < 4.78 is 1.87. The van der Waals surface area contributed by atoms with E-state index in [0.717, 1.165) is 42.5 Å². The van der Waals surface area contributed by atoms with Crippen LogP contribution in [0.25, 0.3) is 16.6 Å².